The summed E-state index contributed by atoms with van der Waals surface area (Å²) in [5.74, 6) is 0. The third kappa shape index (κ3) is 0.630. The molecule has 11 heavy (non-hydrogen) atoms. The molecule has 0 radical (unpaired) electrons. The molecule has 0 bridgehead atoms. The van der Waals surface area contributed by atoms with Crippen molar-refractivity contribution in [2.24, 2.45) is 10.8 Å². The SMILES string of the molecule is ClC1CC23CC=CCC2(C1)C3. The van der Waals surface area contributed by atoms with Crippen molar-refractivity contribution in [3.63, 3.8) is 0 Å². The summed E-state index contributed by atoms with van der Waals surface area (Å²) in [5.41, 5.74) is 1.38. The molecule has 0 aliphatic heterocycles. The van der Waals surface area contributed by atoms with Crippen molar-refractivity contribution in [1.82, 2.24) is 0 Å². The van der Waals surface area contributed by atoms with E-state index in [0.717, 1.165) is 0 Å². The maximum absolute atomic E-state index is 6.17. The third-order valence-electron chi connectivity index (χ3n) is 4.09. The Hall–Kier alpha value is 0.0300. The van der Waals surface area contributed by atoms with Gasteiger partial charge in [0.05, 0.1) is 0 Å². The van der Waals surface area contributed by atoms with Crippen LogP contribution in [0.4, 0.5) is 0 Å². The second-order valence-corrected chi connectivity index (χ2v) is 5.24. The molecular weight excluding hydrogens is 156 g/mol. The van der Waals surface area contributed by atoms with Gasteiger partial charge in [-0.25, -0.2) is 0 Å². The second-order valence-electron chi connectivity index (χ2n) is 4.62. The molecule has 2 fully saturated rings. The molecule has 0 aromatic heterocycles. The molecule has 0 saturated heterocycles. The minimum atomic E-state index is 0.489. The van der Waals surface area contributed by atoms with Crippen LogP contribution in [0.25, 0.3) is 0 Å². The zero-order valence-electron chi connectivity index (χ0n) is 6.65. The first kappa shape index (κ1) is 6.54. The van der Waals surface area contributed by atoms with Crippen molar-refractivity contribution >= 4 is 11.6 Å². The highest BCUT2D eigenvalue weighted by Gasteiger charge is 2.70. The maximum Gasteiger partial charge on any atom is 0.0347 e. The molecule has 0 spiro atoms. The van der Waals surface area contributed by atoms with Gasteiger partial charge in [-0.2, -0.15) is 0 Å². The zero-order chi connectivity index (χ0) is 7.53. The molecule has 0 N–H and O–H groups in total. The molecule has 3 rings (SSSR count). The monoisotopic (exact) mass is 168 g/mol. The van der Waals surface area contributed by atoms with E-state index >= 15 is 0 Å². The normalized spacial score (nSPS) is 58.8. The Morgan fingerprint density at radius 1 is 1.09 bits per heavy atom. The van der Waals surface area contributed by atoms with E-state index < -0.39 is 0 Å². The number of allylic oxidation sites excluding steroid dienone is 2. The summed E-state index contributed by atoms with van der Waals surface area (Å²) in [7, 11) is 0. The van der Waals surface area contributed by atoms with Crippen LogP contribution >= 0.6 is 11.6 Å². The van der Waals surface area contributed by atoms with Gasteiger partial charge in [-0.3, -0.25) is 0 Å². The van der Waals surface area contributed by atoms with Crippen LogP contribution in [-0.2, 0) is 0 Å². The van der Waals surface area contributed by atoms with Gasteiger partial charge in [0, 0.05) is 5.38 Å². The summed E-state index contributed by atoms with van der Waals surface area (Å²) in [5, 5.41) is 0.489. The lowest BCUT2D eigenvalue weighted by molar-refractivity contribution is 0.380. The van der Waals surface area contributed by atoms with Gasteiger partial charge in [0.1, 0.15) is 0 Å². The zero-order valence-corrected chi connectivity index (χ0v) is 7.40. The van der Waals surface area contributed by atoms with Crippen molar-refractivity contribution in [2.45, 2.75) is 37.5 Å². The minimum absolute atomic E-state index is 0.489. The summed E-state index contributed by atoms with van der Waals surface area (Å²) in [6.45, 7) is 0. The first-order chi connectivity index (χ1) is 5.27. The molecule has 2 atom stereocenters. The highest BCUT2D eigenvalue weighted by molar-refractivity contribution is 6.21. The van der Waals surface area contributed by atoms with Gasteiger partial charge in [0.15, 0.2) is 0 Å². The fraction of sp³-hybridized carbons (Fsp3) is 0.800. The number of rotatable bonds is 0. The van der Waals surface area contributed by atoms with Crippen LogP contribution in [0.2, 0.25) is 0 Å². The summed E-state index contributed by atoms with van der Waals surface area (Å²) in [4.78, 5) is 0. The van der Waals surface area contributed by atoms with E-state index in [4.69, 9.17) is 11.6 Å². The Labute approximate surface area is 72.6 Å². The highest BCUT2D eigenvalue weighted by Crippen LogP contribution is 2.78. The maximum atomic E-state index is 6.17. The lowest BCUT2D eigenvalue weighted by Gasteiger charge is -2.18. The van der Waals surface area contributed by atoms with Gasteiger partial charge in [0.25, 0.3) is 0 Å². The van der Waals surface area contributed by atoms with E-state index in [9.17, 15) is 0 Å². The van der Waals surface area contributed by atoms with Crippen LogP contribution in [0.1, 0.15) is 32.1 Å². The lowest BCUT2D eigenvalue weighted by atomic mass is 9.86. The van der Waals surface area contributed by atoms with Gasteiger partial charge >= 0.3 is 0 Å². The number of hydrogen-bond acceptors (Lipinski definition) is 0. The Morgan fingerprint density at radius 3 is 2.18 bits per heavy atom. The quantitative estimate of drug-likeness (QED) is 0.385. The first-order valence-electron chi connectivity index (χ1n) is 4.56. The lowest BCUT2D eigenvalue weighted by Crippen LogP contribution is -2.08. The van der Waals surface area contributed by atoms with Crippen molar-refractivity contribution in [1.29, 1.82) is 0 Å². The van der Waals surface area contributed by atoms with Gasteiger partial charge in [-0.15, -0.1) is 11.6 Å². The smallest absolute Gasteiger partial charge is 0.0347 e. The van der Waals surface area contributed by atoms with Gasteiger partial charge in [-0.1, -0.05) is 12.2 Å². The molecular formula is C10H13Cl. The van der Waals surface area contributed by atoms with Crippen molar-refractivity contribution < 1.29 is 0 Å². The highest BCUT2D eigenvalue weighted by atomic mass is 35.5. The van der Waals surface area contributed by atoms with E-state index in [1.165, 1.54) is 32.1 Å². The Balaban J connectivity index is 1.97. The van der Waals surface area contributed by atoms with Crippen molar-refractivity contribution in [3.8, 4) is 0 Å². The van der Waals surface area contributed by atoms with Crippen molar-refractivity contribution in [3.05, 3.63) is 12.2 Å². The summed E-state index contributed by atoms with van der Waals surface area (Å²) in [6.07, 6.45) is 11.4. The molecule has 2 unspecified atom stereocenters. The summed E-state index contributed by atoms with van der Waals surface area (Å²) < 4.78 is 0. The second kappa shape index (κ2) is 1.69. The molecule has 0 nitrogen and oxygen atoms in total. The van der Waals surface area contributed by atoms with Gasteiger partial charge < -0.3 is 0 Å². The molecule has 2 saturated carbocycles. The number of hydrogen-bond donors (Lipinski definition) is 0. The average Bonchev–Trinajstić information content (AvgIpc) is 2.47. The molecule has 60 valence electrons. The molecule has 0 aromatic carbocycles. The molecule has 3 aliphatic carbocycles. The summed E-state index contributed by atoms with van der Waals surface area (Å²) in [6, 6.07) is 0. The molecule has 0 amide bonds. The number of halogens is 1. The average molecular weight is 169 g/mol. The van der Waals surface area contributed by atoms with Crippen LogP contribution in [0.3, 0.4) is 0 Å². The predicted molar refractivity (Wildman–Crippen MR) is 46.7 cm³/mol. The predicted octanol–water partition coefficient (Wildman–Crippen LogP) is 3.11. The molecule has 0 aromatic rings. The molecule has 0 heterocycles. The van der Waals surface area contributed by atoms with Gasteiger partial charge in [0.2, 0.25) is 0 Å². The largest absolute Gasteiger partial charge is 0.123 e. The fourth-order valence-corrected chi connectivity index (χ4v) is 4.05. The van der Waals surface area contributed by atoms with Crippen LogP contribution in [-0.4, -0.2) is 5.38 Å². The standard InChI is InChI=1S/C10H13Cl/c11-8-5-9-3-1-2-4-10(9,6-8)7-9/h1-2,8H,3-7H2. The van der Waals surface area contributed by atoms with E-state index in [-0.39, 0.29) is 0 Å². The van der Waals surface area contributed by atoms with Crippen molar-refractivity contribution in [2.75, 3.05) is 0 Å². The summed E-state index contributed by atoms with van der Waals surface area (Å²) >= 11 is 6.17. The Morgan fingerprint density at radius 2 is 1.64 bits per heavy atom. The Bertz CT molecular complexity index is 211. The number of alkyl halides is 1. The van der Waals surface area contributed by atoms with E-state index in [1.807, 2.05) is 0 Å². The van der Waals surface area contributed by atoms with E-state index in [0.29, 0.717) is 16.2 Å². The minimum Gasteiger partial charge on any atom is -0.123 e. The Kier molecular flexibility index (Phi) is 1.00. The van der Waals surface area contributed by atoms with E-state index in [1.54, 1.807) is 0 Å². The van der Waals surface area contributed by atoms with E-state index in [2.05, 4.69) is 12.2 Å². The van der Waals surface area contributed by atoms with Gasteiger partial charge in [-0.05, 0) is 42.9 Å². The topological polar surface area (TPSA) is 0 Å². The third-order valence-corrected chi connectivity index (χ3v) is 4.39. The molecule has 1 heteroatoms. The van der Waals surface area contributed by atoms with Crippen LogP contribution in [0.5, 0.6) is 0 Å². The van der Waals surface area contributed by atoms with Crippen LogP contribution in [0, 0.1) is 10.8 Å². The van der Waals surface area contributed by atoms with Crippen LogP contribution in [0.15, 0.2) is 12.2 Å². The van der Waals surface area contributed by atoms with Crippen LogP contribution < -0.4 is 0 Å². The molecule has 3 aliphatic rings. The first-order valence-corrected chi connectivity index (χ1v) is 4.99. The fourth-order valence-electron chi connectivity index (χ4n) is 3.46.